The third-order valence-electron chi connectivity index (χ3n) is 2.10. The predicted octanol–water partition coefficient (Wildman–Crippen LogP) is 2.39. The van der Waals surface area contributed by atoms with Gasteiger partial charge in [0.25, 0.3) is 5.91 Å². The largest absolute Gasteiger partial charge is 0.323 e. The van der Waals surface area contributed by atoms with E-state index in [1.165, 1.54) is 11.8 Å². The Morgan fingerprint density at radius 3 is 2.85 bits per heavy atom. The van der Waals surface area contributed by atoms with Crippen LogP contribution in [0.3, 0.4) is 0 Å². The van der Waals surface area contributed by atoms with Crippen molar-refractivity contribution in [1.29, 1.82) is 0 Å². The molecule has 1 atom stereocenters. The van der Waals surface area contributed by atoms with Gasteiger partial charge < -0.3 is 5.32 Å². The van der Waals surface area contributed by atoms with Gasteiger partial charge in [-0.2, -0.15) is 0 Å². The second-order valence-corrected chi connectivity index (χ2v) is 4.61. The van der Waals surface area contributed by atoms with Crippen LogP contribution in [-0.4, -0.2) is 12.2 Å². The van der Waals surface area contributed by atoms with Crippen LogP contribution in [0.25, 0.3) is 0 Å². The smallest absolute Gasteiger partial charge is 0.260 e. The number of hydrogen-bond donors (Lipinski definition) is 1. The number of benzene rings is 1. The lowest BCUT2D eigenvalue weighted by molar-refractivity contribution is -0.116. The molecule has 0 aromatic heterocycles. The Kier molecular flexibility index (Phi) is 2.00. The number of fused-ring (bicyclic) bond motifs is 1. The first-order valence-corrected chi connectivity index (χ1v) is 5.44. The van der Waals surface area contributed by atoms with E-state index in [1.807, 2.05) is 30.5 Å². The number of alkyl halides is 1. The normalized spacial score (nSPS) is 25.5. The summed E-state index contributed by atoms with van der Waals surface area (Å²) in [6.45, 7) is 0. The molecule has 13 heavy (non-hydrogen) atoms. The highest BCUT2D eigenvalue weighted by Crippen LogP contribution is 2.47. The van der Waals surface area contributed by atoms with E-state index in [2.05, 4.69) is 5.32 Å². The van der Waals surface area contributed by atoms with Crippen molar-refractivity contribution < 1.29 is 4.79 Å². The van der Waals surface area contributed by atoms with Crippen molar-refractivity contribution in [2.24, 2.45) is 0 Å². The maximum absolute atomic E-state index is 11.5. The topological polar surface area (TPSA) is 29.1 Å². The van der Waals surface area contributed by atoms with Gasteiger partial charge in [-0.05, 0) is 12.3 Å². The van der Waals surface area contributed by atoms with Gasteiger partial charge in [-0.25, -0.2) is 0 Å². The molecule has 4 heteroatoms. The molecule has 0 radical (unpaired) electrons. The van der Waals surface area contributed by atoms with E-state index in [0.717, 1.165) is 11.3 Å². The summed E-state index contributed by atoms with van der Waals surface area (Å²) in [6, 6.07) is 7.48. The number of amides is 1. The molecule has 1 aliphatic rings. The van der Waals surface area contributed by atoms with E-state index in [-0.39, 0.29) is 5.91 Å². The first-order valence-electron chi connectivity index (χ1n) is 3.83. The SMILES string of the molecule is CSC1(Cl)C(=O)Nc2ccccc21. The summed E-state index contributed by atoms with van der Waals surface area (Å²) >= 11 is 7.53. The zero-order valence-corrected chi connectivity index (χ0v) is 8.58. The number of carbonyl (C=O) groups is 1. The van der Waals surface area contributed by atoms with Crippen molar-refractivity contribution in [3.05, 3.63) is 29.8 Å². The number of hydrogen-bond acceptors (Lipinski definition) is 2. The highest BCUT2D eigenvalue weighted by atomic mass is 35.5. The quantitative estimate of drug-likeness (QED) is 0.726. The fourth-order valence-corrected chi connectivity index (χ4v) is 2.25. The fraction of sp³-hybridized carbons (Fsp3) is 0.222. The predicted molar refractivity (Wildman–Crippen MR) is 56.1 cm³/mol. The van der Waals surface area contributed by atoms with E-state index in [1.54, 1.807) is 0 Å². The lowest BCUT2D eigenvalue weighted by Gasteiger charge is -2.15. The average molecular weight is 214 g/mol. The Hall–Kier alpha value is -0.670. The number of nitrogens with one attached hydrogen (secondary N) is 1. The molecule has 1 aromatic rings. The van der Waals surface area contributed by atoms with Crippen LogP contribution in [0.5, 0.6) is 0 Å². The van der Waals surface area contributed by atoms with Gasteiger partial charge >= 0.3 is 0 Å². The Balaban J connectivity index is 2.59. The van der Waals surface area contributed by atoms with E-state index in [9.17, 15) is 4.79 Å². The Labute approximate surface area is 85.7 Å². The number of halogens is 1. The Morgan fingerprint density at radius 1 is 1.46 bits per heavy atom. The number of rotatable bonds is 1. The molecule has 2 rings (SSSR count). The molecule has 0 saturated heterocycles. The number of anilines is 1. The molecule has 1 unspecified atom stereocenters. The monoisotopic (exact) mass is 213 g/mol. The van der Waals surface area contributed by atoms with Gasteiger partial charge in [0.15, 0.2) is 4.21 Å². The van der Waals surface area contributed by atoms with E-state index < -0.39 is 4.21 Å². The van der Waals surface area contributed by atoms with Crippen molar-refractivity contribution in [3.8, 4) is 0 Å². The average Bonchev–Trinajstić information content (AvgIpc) is 2.41. The molecule has 1 amide bonds. The maximum Gasteiger partial charge on any atom is 0.260 e. The van der Waals surface area contributed by atoms with Crippen molar-refractivity contribution in [1.82, 2.24) is 0 Å². The molecule has 1 heterocycles. The van der Waals surface area contributed by atoms with Gasteiger partial charge in [0.1, 0.15) is 0 Å². The summed E-state index contributed by atoms with van der Waals surface area (Å²) in [4.78, 5) is 11.5. The third kappa shape index (κ3) is 1.15. The lowest BCUT2D eigenvalue weighted by atomic mass is 10.1. The molecule has 1 aliphatic heterocycles. The van der Waals surface area contributed by atoms with Gasteiger partial charge in [-0.1, -0.05) is 29.8 Å². The molecule has 1 N–H and O–H groups in total. The summed E-state index contributed by atoms with van der Waals surface area (Å²) < 4.78 is -0.934. The van der Waals surface area contributed by atoms with Gasteiger partial charge in [0.2, 0.25) is 0 Å². The summed E-state index contributed by atoms with van der Waals surface area (Å²) in [6.07, 6.45) is 1.83. The van der Waals surface area contributed by atoms with E-state index in [4.69, 9.17) is 11.6 Å². The van der Waals surface area contributed by atoms with Gasteiger partial charge in [0.05, 0.1) is 0 Å². The zero-order valence-electron chi connectivity index (χ0n) is 7.00. The maximum atomic E-state index is 11.5. The number of carbonyl (C=O) groups excluding carboxylic acids is 1. The molecular weight excluding hydrogens is 206 g/mol. The molecule has 0 bridgehead atoms. The van der Waals surface area contributed by atoms with Crippen LogP contribution >= 0.6 is 23.4 Å². The minimum Gasteiger partial charge on any atom is -0.323 e. The Morgan fingerprint density at radius 2 is 2.15 bits per heavy atom. The van der Waals surface area contributed by atoms with Gasteiger partial charge in [-0.3, -0.25) is 4.79 Å². The lowest BCUT2D eigenvalue weighted by Crippen LogP contribution is -2.23. The van der Waals surface area contributed by atoms with Crippen LogP contribution in [0, 0.1) is 0 Å². The molecular formula is C9H8ClNOS. The van der Waals surface area contributed by atoms with Gasteiger partial charge in [0, 0.05) is 11.3 Å². The summed E-state index contributed by atoms with van der Waals surface area (Å²) in [5.41, 5.74) is 1.67. The second kappa shape index (κ2) is 2.93. The van der Waals surface area contributed by atoms with Crippen LogP contribution in [0.1, 0.15) is 5.56 Å². The molecule has 1 aromatic carbocycles. The third-order valence-corrected chi connectivity index (χ3v) is 3.90. The van der Waals surface area contributed by atoms with Crippen LogP contribution in [0.4, 0.5) is 5.69 Å². The van der Waals surface area contributed by atoms with Crippen molar-refractivity contribution in [3.63, 3.8) is 0 Å². The second-order valence-electron chi connectivity index (χ2n) is 2.80. The van der Waals surface area contributed by atoms with Crippen LogP contribution in [0.2, 0.25) is 0 Å². The molecule has 0 spiro atoms. The van der Waals surface area contributed by atoms with Crippen LogP contribution < -0.4 is 5.32 Å². The van der Waals surface area contributed by atoms with Crippen LogP contribution in [-0.2, 0) is 9.00 Å². The summed E-state index contributed by atoms with van der Waals surface area (Å²) in [5, 5.41) is 2.75. The van der Waals surface area contributed by atoms with Crippen molar-refractivity contribution in [2.45, 2.75) is 4.21 Å². The first-order chi connectivity index (χ1) is 6.18. The summed E-state index contributed by atoms with van der Waals surface area (Å²) in [5.74, 6) is -0.150. The standard InChI is InChI=1S/C9H8ClNOS/c1-13-9(10)6-4-2-3-5-7(6)11-8(9)12/h2-5H,1H3,(H,11,12). The minimum atomic E-state index is -0.934. The summed E-state index contributed by atoms with van der Waals surface area (Å²) in [7, 11) is 0. The fourth-order valence-electron chi connectivity index (χ4n) is 1.40. The molecule has 0 saturated carbocycles. The van der Waals surface area contributed by atoms with E-state index >= 15 is 0 Å². The first kappa shape index (κ1) is 8.91. The molecule has 0 fully saturated rings. The highest BCUT2D eigenvalue weighted by molar-refractivity contribution is 8.01. The Bertz CT molecular complexity index is 368. The molecule has 68 valence electrons. The minimum absolute atomic E-state index is 0.150. The van der Waals surface area contributed by atoms with Crippen LogP contribution in [0.15, 0.2) is 24.3 Å². The molecule has 0 aliphatic carbocycles. The molecule has 2 nitrogen and oxygen atoms in total. The van der Waals surface area contributed by atoms with Crippen molar-refractivity contribution in [2.75, 3.05) is 11.6 Å². The number of thioether (sulfide) groups is 1. The highest BCUT2D eigenvalue weighted by Gasteiger charge is 2.44. The zero-order chi connectivity index (χ0) is 9.47. The van der Waals surface area contributed by atoms with Gasteiger partial charge in [-0.15, -0.1) is 11.8 Å². The van der Waals surface area contributed by atoms with Crippen molar-refractivity contribution >= 4 is 35.0 Å². The van der Waals surface area contributed by atoms with E-state index in [0.29, 0.717) is 0 Å². The number of para-hydroxylation sites is 1.